The SMILES string of the molecule is CC(C)(C)NC(=O)c1cn(COCC[Si](C)(C)C)c2ncc(-c3nn(CC4CNCCO4)c4ccc(OC(F)F)cc34)nc12.CN1CCOC(Cn2nc(-c3cnc4c(n3)c(C(=O)NC(C)(C)C)cn4COCC[Si](C)(C)C)c3cc(OC(F)F)ccc32)C1. The Morgan fingerprint density at radius 1 is 0.674 bits per heavy atom. The predicted octanol–water partition coefficient (Wildman–Crippen LogP) is 10.1. The molecule has 2 fully saturated rings. The molecule has 2 saturated heterocycles. The van der Waals surface area contributed by atoms with Crippen LogP contribution in [-0.2, 0) is 45.5 Å². The summed E-state index contributed by atoms with van der Waals surface area (Å²) >= 11 is 0. The number of rotatable bonds is 22. The minimum Gasteiger partial charge on any atom is -0.435 e. The summed E-state index contributed by atoms with van der Waals surface area (Å²) in [4.78, 5) is 48.3. The molecule has 0 saturated carbocycles. The van der Waals surface area contributed by atoms with Gasteiger partial charge in [-0.3, -0.25) is 19.0 Å². The number of nitrogens with one attached hydrogen (secondary N) is 3. The number of hydrogen-bond donors (Lipinski definition) is 3. The number of benzene rings is 2. The fourth-order valence-electron chi connectivity index (χ4n) is 10.2. The van der Waals surface area contributed by atoms with Crippen molar-refractivity contribution in [3.05, 3.63) is 72.3 Å². The highest BCUT2D eigenvalue weighted by atomic mass is 28.3. The van der Waals surface area contributed by atoms with Gasteiger partial charge in [0.05, 0.1) is 73.1 Å². The molecule has 2 aliphatic heterocycles. The number of carbonyl (C=O) groups excluding carboxylic acids is 2. The third kappa shape index (κ3) is 17.7. The molecule has 482 valence electrons. The summed E-state index contributed by atoms with van der Waals surface area (Å²) in [6, 6.07) is 11.5. The molecule has 8 heterocycles. The molecule has 0 aliphatic carbocycles. The van der Waals surface area contributed by atoms with Gasteiger partial charge in [-0.15, -0.1) is 0 Å². The number of morpholine rings is 2. The Balaban J connectivity index is 0.000000211. The molecule has 3 N–H and O–H groups in total. The number of likely N-dealkylation sites (N-methyl/N-ethyl adjacent to an activating group) is 1. The van der Waals surface area contributed by atoms with Crippen LogP contribution in [0.25, 0.3) is 66.9 Å². The molecule has 10 rings (SSSR count). The normalized spacial score (nSPS) is 16.4. The van der Waals surface area contributed by atoms with Crippen molar-refractivity contribution in [2.24, 2.45) is 0 Å². The van der Waals surface area contributed by atoms with Crippen molar-refractivity contribution >= 4 is 72.1 Å². The molecule has 2 amide bonds. The maximum Gasteiger partial charge on any atom is 0.387 e. The van der Waals surface area contributed by atoms with Gasteiger partial charge in [0, 0.05) is 89.8 Å². The average Bonchev–Trinajstić information content (AvgIpc) is 1.68. The Kier molecular flexibility index (Phi) is 20.7. The predicted molar refractivity (Wildman–Crippen MR) is 338 cm³/mol. The van der Waals surface area contributed by atoms with Crippen LogP contribution in [-0.4, -0.2) is 178 Å². The summed E-state index contributed by atoms with van der Waals surface area (Å²) in [7, 11) is -0.521. The zero-order chi connectivity index (χ0) is 64.2. The lowest BCUT2D eigenvalue weighted by molar-refractivity contribution is -0.0504. The van der Waals surface area contributed by atoms with E-state index in [1.807, 2.05) is 48.6 Å². The van der Waals surface area contributed by atoms with Crippen LogP contribution in [0.4, 0.5) is 17.6 Å². The minimum absolute atomic E-state index is 0.00443. The van der Waals surface area contributed by atoms with Crippen molar-refractivity contribution in [2.45, 2.75) is 156 Å². The summed E-state index contributed by atoms with van der Waals surface area (Å²) in [5.74, 6) is -0.571. The maximum absolute atomic E-state index is 13.5. The number of aromatic nitrogens is 10. The summed E-state index contributed by atoms with van der Waals surface area (Å²) in [6.45, 7) is 26.0. The minimum atomic E-state index is -2.97. The Labute approximate surface area is 517 Å². The van der Waals surface area contributed by atoms with E-state index in [1.54, 1.807) is 55.4 Å². The largest absolute Gasteiger partial charge is 0.435 e. The number of alkyl halides is 4. The lowest BCUT2D eigenvalue weighted by Gasteiger charge is -2.30. The number of amides is 2. The van der Waals surface area contributed by atoms with Crippen molar-refractivity contribution in [3.63, 3.8) is 0 Å². The second-order valence-electron chi connectivity index (χ2n) is 27.1. The first-order chi connectivity index (χ1) is 41.9. The summed E-state index contributed by atoms with van der Waals surface area (Å²) < 4.78 is 92.9. The van der Waals surface area contributed by atoms with Crippen molar-refractivity contribution in [1.82, 2.24) is 69.5 Å². The van der Waals surface area contributed by atoms with Crippen molar-refractivity contribution in [2.75, 3.05) is 59.7 Å². The van der Waals surface area contributed by atoms with Gasteiger partial charge in [0.15, 0.2) is 11.3 Å². The highest BCUT2D eigenvalue weighted by Gasteiger charge is 2.29. The molecule has 8 aromatic rings. The van der Waals surface area contributed by atoms with E-state index in [9.17, 15) is 27.2 Å². The van der Waals surface area contributed by atoms with Crippen LogP contribution in [0.2, 0.25) is 51.4 Å². The van der Waals surface area contributed by atoms with Gasteiger partial charge in [-0.25, -0.2) is 19.9 Å². The van der Waals surface area contributed by atoms with Gasteiger partial charge in [-0.2, -0.15) is 27.8 Å². The molecular formula is C61H84F4N14O8Si2. The second kappa shape index (κ2) is 27.7. The molecule has 22 nitrogen and oxygen atoms in total. The first kappa shape index (κ1) is 66.5. The first-order valence-electron chi connectivity index (χ1n) is 30.0. The Hall–Kier alpha value is -6.93. The van der Waals surface area contributed by atoms with Gasteiger partial charge in [0.1, 0.15) is 58.8 Å². The van der Waals surface area contributed by atoms with Crippen LogP contribution in [0.15, 0.2) is 61.2 Å². The molecule has 0 spiro atoms. The quantitative estimate of drug-likeness (QED) is 0.0326. The summed E-state index contributed by atoms with van der Waals surface area (Å²) in [6.07, 6.45) is 6.37. The van der Waals surface area contributed by atoms with Crippen LogP contribution < -0.4 is 25.4 Å². The van der Waals surface area contributed by atoms with Crippen LogP contribution >= 0.6 is 0 Å². The van der Waals surface area contributed by atoms with Gasteiger partial charge >= 0.3 is 13.2 Å². The zero-order valence-corrected chi connectivity index (χ0v) is 55.2. The average molecular weight is 1270 g/mol. The smallest absolute Gasteiger partial charge is 0.387 e. The lowest BCUT2D eigenvalue weighted by Crippen LogP contribution is -2.42. The van der Waals surface area contributed by atoms with Crippen LogP contribution in [0, 0.1) is 0 Å². The van der Waals surface area contributed by atoms with E-state index in [4.69, 9.17) is 58.6 Å². The van der Waals surface area contributed by atoms with Gasteiger partial charge < -0.3 is 58.4 Å². The molecule has 6 aromatic heterocycles. The van der Waals surface area contributed by atoms with E-state index >= 15 is 0 Å². The topological polar surface area (TPSA) is 226 Å². The molecule has 0 radical (unpaired) electrons. The number of nitrogens with zero attached hydrogens (tertiary/aromatic N) is 11. The molecule has 2 atom stereocenters. The van der Waals surface area contributed by atoms with Crippen molar-refractivity contribution in [1.29, 1.82) is 0 Å². The van der Waals surface area contributed by atoms with Gasteiger partial charge in [0.2, 0.25) is 0 Å². The van der Waals surface area contributed by atoms with Crippen molar-refractivity contribution < 1.29 is 55.6 Å². The van der Waals surface area contributed by atoms with Crippen LogP contribution in [0.5, 0.6) is 11.5 Å². The van der Waals surface area contributed by atoms with E-state index in [2.05, 4.69) is 60.1 Å². The fourth-order valence-corrected chi connectivity index (χ4v) is 11.7. The number of ether oxygens (including phenoxy) is 6. The van der Waals surface area contributed by atoms with Gasteiger partial charge in [-0.1, -0.05) is 39.3 Å². The number of carbonyl (C=O) groups is 2. The van der Waals surface area contributed by atoms with E-state index in [0.717, 1.165) is 31.7 Å². The van der Waals surface area contributed by atoms with E-state index in [1.165, 1.54) is 24.3 Å². The first-order valence-corrected chi connectivity index (χ1v) is 37.4. The third-order valence-corrected chi connectivity index (χ3v) is 17.9. The highest BCUT2D eigenvalue weighted by molar-refractivity contribution is 6.76. The van der Waals surface area contributed by atoms with Gasteiger partial charge in [0.25, 0.3) is 11.8 Å². The number of fused-ring (bicyclic) bond motifs is 4. The number of halogens is 4. The number of hydrogen-bond acceptors (Lipinski definition) is 16. The molecular weight excluding hydrogens is 1190 g/mol. The summed E-state index contributed by atoms with van der Waals surface area (Å²) in [5, 5.41) is 20.2. The second-order valence-corrected chi connectivity index (χ2v) is 38.4. The van der Waals surface area contributed by atoms with Gasteiger partial charge in [-0.05, 0) is 97.1 Å². The molecule has 89 heavy (non-hydrogen) atoms. The van der Waals surface area contributed by atoms with E-state index in [-0.39, 0.29) is 49.0 Å². The van der Waals surface area contributed by atoms with Crippen LogP contribution in [0.1, 0.15) is 62.3 Å². The fraction of sp³-hybridized carbons (Fsp3) is 0.541. The molecule has 28 heteroatoms. The van der Waals surface area contributed by atoms with E-state index < -0.39 is 40.4 Å². The summed E-state index contributed by atoms with van der Waals surface area (Å²) in [5.41, 5.74) is 4.59. The highest BCUT2D eigenvalue weighted by Crippen LogP contribution is 2.35. The Bertz CT molecular complexity index is 3770. The zero-order valence-electron chi connectivity index (χ0n) is 53.2. The van der Waals surface area contributed by atoms with Crippen molar-refractivity contribution in [3.8, 4) is 34.3 Å². The molecule has 2 aromatic carbocycles. The molecule has 2 unspecified atom stereocenters. The van der Waals surface area contributed by atoms with E-state index in [0.29, 0.717) is 124 Å². The third-order valence-electron chi connectivity index (χ3n) is 14.5. The Morgan fingerprint density at radius 2 is 1.12 bits per heavy atom. The monoisotopic (exact) mass is 1270 g/mol. The maximum atomic E-state index is 13.5. The molecule has 2 aliphatic rings. The Morgan fingerprint density at radius 3 is 1.53 bits per heavy atom. The standard InChI is InChI=1S/C31H43F2N7O4Si.C30H41F2N7O4Si/c1-31(2,3)36-29(41)23-18-39(19-42-12-13-45(5,6)7)28-27(23)35-24(15-34-28)26-22-14-20(44-30(32)33)8-9-25(22)40(37-26)17-21-16-38(4)10-11-43-21;1-30(2,3)36-28(40)22-17-38(18-41-11-12-44(4,5)6)27-26(22)35-23(15-34-27)25-21-13-19(43-29(31)32)7-8-24(21)39(37-25)16-20-14-33-9-10-42-20/h8-9,14-15,18,21,30H,10-13,16-17,19H2,1-7H3,(H,36,41);7-8,13,15,17,20,29,33H,9-12,14,16,18H2,1-6H3,(H,36,40). The lowest BCUT2D eigenvalue weighted by atomic mass is 10.1. The molecule has 0 bridgehead atoms. The van der Waals surface area contributed by atoms with Crippen LogP contribution in [0.3, 0.4) is 0 Å².